The minimum absolute atomic E-state index is 0.288. The van der Waals surface area contributed by atoms with Gasteiger partial charge in [-0.2, -0.15) is 4.98 Å². The molecule has 0 unspecified atom stereocenters. The highest BCUT2D eigenvalue weighted by molar-refractivity contribution is 5.84. The molecule has 5 nitrogen and oxygen atoms in total. The van der Waals surface area contributed by atoms with Gasteiger partial charge in [0.2, 0.25) is 0 Å². The molecular weight excluding hydrogens is 292 g/mol. The molecule has 0 spiro atoms. The van der Waals surface area contributed by atoms with Crippen molar-refractivity contribution in [2.75, 3.05) is 14.2 Å². The number of hydrogen-bond donors (Lipinski definition) is 1. The average Bonchev–Trinajstić information content (AvgIpc) is 3.13. The molecule has 2 aliphatic rings. The number of ether oxygens (including phenoxy) is 2. The van der Waals surface area contributed by atoms with Crippen molar-refractivity contribution in [1.82, 2.24) is 9.97 Å². The van der Waals surface area contributed by atoms with Crippen LogP contribution in [0.4, 0.5) is 0 Å². The fraction of sp³-hybridized carbons (Fsp3) is 0.556. The molecule has 2 saturated carbocycles. The Morgan fingerprint density at radius 2 is 1.91 bits per heavy atom. The van der Waals surface area contributed by atoms with Gasteiger partial charge in [-0.3, -0.25) is 0 Å². The van der Waals surface area contributed by atoms with Crippen LogP contribution in [0.5, 0.6) is 11.5 Å². The van der Waals surface area contributed by atoms with Gasteiger partial charge in [-0.05, 0) is 55.9 Å². The molecule has 0 atom stereocenters. The molecule has 0 radical (unpaired) electrons. The maximum Gasteiger partial charge on any atom is 0.345 e. The summed E-state index contributed by atoms with van der Waals surface area (Å²) in [6.07, 6.45) is 7.45. The summed E-state index contributed by atoms with van der Waals surface area (Å²) in [5.74, 6) is 2.16. The van der Waals surface area contributed by atoms with Gasteiger partial charge in [0, 0.05) is 17.1 Å². The number of nitrogens with zero attached hydrogens (tertiary/aromatic N) is 1. The zero-order valence-electron chi connectivity index (χ0n) is 13.6. The van der Waals surface area contributed by atoms with E-state index in [-0.39, 0.29) is 5.69 Å². The van der Waals surface area contributed by atoms with Crippen LogP contribution in [0.1, 0.15) is 37.8 Å². The third-order valence-corrected chi connectivity index (χ3v) is 5.75. The van der Waals surface area contributed by atoms with Gasteiger partial charge in [-0.1, -0.05) is 0 Å². The van der Waals surface area contributed by atoms with Crippen molar-refractivity contribution in [1.29, 1.82) is 0 Å². The highest BCUT2D eigenvalue weighted by Crippen LogP contribution is 2.55. The lowest BCUT2D eigenvalue weighted by Crippen LogP contribution is -2.22. The summed E-state index contributed by atoms with van der Waals surface area (Å²) in [7, 11) is 3.22. The van der Waals surface area contributed by atoms with Gasteiger partial charge in [0.25, 0.3) is 0 Å². The van der Waals surface area contributed by atoms with Crippen LogP contribution in [-0.4, -0.2) is 24.2 Å². The Labute approximate surface area is 135 Å². The summed E-state index contributed by atoms with van der Waals surface area (Å²) >= 11 is 0. The number of hydrogen-bond acceptors (Lipinski definition) is 4. The summed E-state index contributed by atoms with van der Waals surface area (Å²) < 4.78 is 10.7. The van der Waals surface area contributed by atoms with E-state index in [0.29, 0.717) is 22.4 Å². The van der Waals surface area contributed by atoms with Crippen LogP contribution < -0.4 is 15.2 Å². The van der Waals surface area contributed by atoms with Crippen LogP contribution in [0, 0.1) is 11.3 Å². The number of aromatic amines is 1. The van der Waals surface area contributed by atoms with Gasteiger partial charge >= 0.3 is 5.69 Å². The Morgan fingerprint density at radius 3 is 2.52 bits per heavy atom. The SMILES string of the molecule is COc1cc2nc(=O)[nH]c(CC34CCC(CC3)C4)c2cc1OC. The molecule has 1 aromatic heterocycles. The molecule has 2 fully saturated rings. The number of H-pyrrole nitrogens is 1. The predicted molar refractivity (Wildman–Crippen MR) is 88.2 cm³/mol. The standard InChI is InChI=1S/C18H22N2O3/c1-22-15-7-12-13(8-16(15)23-2)19-17(21)20-14(12)10-18-5-3-11(9-18)4-6-18/h7-8,11H,3-6,9-10H2,1-2H3,(H,19,20,21). The Morgan fingerprint density at radius 1 is 1.22 bits per heavy atom. The van der Waals surface area contributed by atoms with Crippen LogP contribution in [0.3, 0.4) is 0 Å². The summed E-state index contributed by atoms with van der Waals surface area (Å²) in [6.45, 7) is 0. The first-order valence-corrected chi connectivity index (χ1v) is 8.27. The van der Waals surface area contributed by atoms with Crippen molar-refractivity contribution in [3.05, 3.63) is 28.3 Å². The van der Waals surface area contributed by atoms with Crippen molar-refractivity contribution >= 4 is 10.9 Å². The van der Waals surface area contributed by atoms with Crippen LogP contribution in [0.25, 0.3) is 10.9 Å². The number of rotatable bonds is 4. The van der Waals surface area contributed by atoms with Crippen molar-refractivity contribution in [2.45, 2.75) is 38.5 Å². The topological polar surface area (TPSA) is 64.2 Å². The second kappa shape index (κ2) is 5.25. The first-order valence-electron chi connectivity index (χ1n) is 8.27. The molecule has 4 rings (SSSR count). The molecule has 0 amide bonds. The van der Waals surface area contributed by atoms with Crippen molar-refractivity contribution in [3.63, 3.8) is 0 Å². The van der Waals surface area contributed by atoms with Crippen LogP contribution in [0.2, 0.25) is 0 Å². The van der Waals surface area contributed by atoms with E-state index >= 15 is 0 Å². The Hall–Kier alpha value is -2.04. The van der Waals surface area contributed by atoms with Crippen molar-refractivity contribution in [3.8, 4) is 11.5 Å². The first-order chi connectivity index (χ1) is 11.1. The molecule has 122 valence electrons. The molecule has 0 saturated heterocycles. The highest BCUT2D eigenvalue weighted by atomic mass is 16.5. The molecule has 2 aliphatic carbocycles. The fourth-order valence-corrected chi connectivity index (χ4v) is 4.61. The lowest BCUT2D eigenvalue weighted by Gasteiger charge is -2.26. The van der Waals surface area contributed by atoms with E-state index in [1.165, 1.54) is 32.1 Å². The Balaban J connectivity index is 1.83. The lowest BCUT2D eigenvalue weighted by atomic mass is 9.79. The first kappa shape index (κ1) is 14.5. The summed E-state index contributed by atoms with van der Waals surface area (Å²) in [5.41, 5.74) is 1.74. The Kier molecular flexibility index (Phi) is 3.32. The van der Waals surface area contributed by atoms with E-state index in [0.717, 1.165) is 23.4 Å². The van der Waals surface area contributed by atoms with Crippen LogP contribution in [-0.2, 0) is 6.42 Å². The smallest absolute Gasteiger partial charge is 0.345 e. The number of aromatic nitrogens is 2. The van der Waals surface area contributed by atoms with Crippen molar-refractivity contribution in [2.24, 2.45) is 11.3 Å². The molecule has 5 heteroatoms. The zero-order valence-corrected chi connectivity index (χ0v) is 13.6. The van der Waals surface area contributed by atoms with Crippen LogP contribution >= 0.6 is 0 Å². The van der Waals surface area contributed by atoms with E-state index in [9.17, 15) is 4.79 Å². The number of benzene rings is 1. The van der Waals surface area contributed by atoms with Gasteiger partial charge in [0.1, 0.15) is 0 Å². The molecule has 1 heterocycles. The van der Waals surface area contributed by atoms with Crippen LogP contribution in [0.15, 0.2) is 16.9 Å². The van der Waals surface area contributed by atoms with Gasteiger partial charge in [0.15, 0.2) is 11.5 Å². The predicted octanol–water partition coefficient (Wildman–Crippen LogP) is 3.06. The van der Waals surface area contributed by atoms with Crippen molar-refractivity contribution < 1.29 is 9.47 Å². The fourth-order valence-electron chi connectivity index (χ4n) is 4.61. The number of methoxy groups -OCH3 is 2. The second-order valence-corrected chi connectivity index (χ2v) is 7.07. The molecule has 2 bridgehead atoms. The summed E-state index contributed by atoms with van der Waals surface area (Å²) in [5, 5.41) is 0.965. The van der Waals surface area contributed by atoms with Gasteiger partial charge < -0.3 is 14.5 Å². The van der Waals surface area contributed by atoms with E-state index in [2.05, 4.69) is 9.97 Å². The monoisotopic (exact) mass is 314 g/mol. The second-order valence-electron chi connectivity index (χ2n) is 7.07. The van der Waals surface area contributed by atoms with E-state index in [1.54, 1.807) is 20.3 Å². The molecule has 1 N–H and O–H groups in total. The molecule has 2 aromatic rings. The maximum atomic E-state index is 12.0. The number of fused-ring (bicyclic) bond motifs is 3. The lowest BCUT2D eigenvalue weighted by molar-refractivity contribution is 0.290. The zero-order chi connectivity index (χ0) is 16.0. The molecule has 23 heavy (non-hydrogen) atoms. The van der Waals surface area contributed by atoms with E-state index in [4.69, 9.17) is 9.47 Å². The van der Waals surface area contributed by atoms with Gasteiger partial charge in [0.05, 0.1) is 19.7 Å². The van der Waals surface area contributed by atoms with Gasteiger partial charge in [-0.25, -0.2) is 4.79 Å². The van der Waals surface area contributed by atoms with Gasteiger partial charge in [-0.15, -0.1) is 0 Å². The largest absolute Gasteiger partial charge is 0.493 e. The summed E-state index contributed by atoms with van der Waals surface area (Å²) in [4.78, 5) is 19.1. The highest BCUT2D eigenvalue weighted by Gasteiger charge is 2.44. The average molecular weight is 314 g/mol. The number of nitrogens with one attached hydrogen (secondary N) is 1. The molecular formula is C18H22N2O3. The maximum absolute atomic E-state index is 12.0. The third kappa shape index (κ3) is 2.38. The molecule has 0 aliphatic heterocycles. The minimum Gasteiger partial charge on any atom is -0.493 e. The quantitative estimate of drug-likeness (QED) is 0.942. The summed E-state index contributed by atoms with van der Waals surface area (Å²) in [6, 6.07) is 3.72. The normalized spacial score (nSPS) is 25.9. The Bertz CT molecular complexity index is 804. The van der Waals surface area contributed by atoms with E-state index < -0.39 is 0 Å². The van der Waals surface area contributed by atoms with E-state index in [1.807, 2.05) is 6.07 Å². The minimum atomic E-state index is -0.288. The third-order valence-electron chi connectivity index (χ3n) is 5.75. The molecule has 1 aromatic carbocycles.